The number of halogens is 1. The molecule has 2 unspecified atom stereocenters. The first kappa shape index (κ1) is 11.3. The molecule has 0 aromatic heterocycles. The SMILES string of the molecule is Cc1ccc(NC(C)C(C)N)cc1Cl. The maximum atomic E-state index is 6.01. The second kappa shape index (κ2) is 4.67. The van der Waals surface area contributed by atoms with Crippen molar-refractivity contribution in [2.24, 2.45) is 5.73 Å². The molecule has 0 bridgehead atoms. The van der Waals surface area contributed by atoms with E-state index in [0.717, 1.165) is 16.3 Å². The van der Waals surface area contributed by atoms with Gasteiger partial charge in [-0.1, -0.05) is 17.7 Å². The van der Waals surface area contributed by atoms with E-state index in [1.165, 1.54) is 0 Å². The summed E-state index contributed by atoms with van der Waals surface area (Å²) in [6, 6.07) is 6.30. The van der Waals surface area contributed by atoms with Gasteiger partial charge in [0, 0.05) is 22.8 Å². The Hall–Kier alpha value is -0.730. The molecule has 2 atom stereocenters. The predicted molar refractivity (Wildman–Crippen MR) is 62.9 cm³/mol. The summed E-state index contributed by atoms with van der Waals surface area (Å²) in [5.74, 6) is 0. The van der Waals surface area contributed by atoms with Gasteiger partial charge in [-0.2, -0.15) is 0 Å². The molecule has 78 valence electrons. The van der Waals surface area contributed by atoms with E-state index in [-0.39, 0.29) is 12.1 Å². The van der Waals surface area contributed by atoms with Gasteiger partial charge in [0.15, 0.2) is 0 Å². The van der Waals surface area contributed by atoms with Crippen molar-refractivity contribution in [3.63, 3.8) is 0 Å². The van der Waals surface area contributed by atoms with Crippen molar-refractivity contribution >= 4 is 17.3 Å². The number of anilines is 1. The fourth-order valence-corrected chi connectivity index (χ4v) is 1.26. The first-order valence-corrected chi connectivity index (χ1v) is 5.17. The highest BCUT2D eigenvalue weighted by atomic mass is 35.5. The zero-order valence-corrected chi connectivity index (χ0v) is 9.60. The molecular weight excluding hydrogens is 196 g/mol. The van der Waals surface area contributed by atoms with Gasteiger partial charge in [0.25, 0.3) is 0 Å². The summed E-state index contributed by atoms with van der Waals surface area (Å²) < 4.78 is 0. The smallest absolute Gasteiger partial charge is 0.0455 e. The van der Waals surface area contributed by atoms with Gasteiger partial charge < -0.3 is 11.1 Å². The van der Waals surface area contributed by atoms with Gasteiger partial charge >= 0.3 is 0 Å². The molecule has 3 N–H and O–H groups in total. The van der Waals surface area contributed by atoms with Gasteiger partial charge in [-0.15, -0.1) is 0 Å². The normalized spacial score (nSPS) is 14.9. The van der Waals surface area contributed by atoms with E-state index < -0.39 is 0 Å². The van der Waals surface area contributed by atoms with E-state index in [1.54, 1.807) is 0 Å². The van der Waals surface area contributed by atoms with Crippen LogP contribution in [-0.4, -0.2) is 12.1 Å². The number of nitrogens with two attached hydrogens (primary N) is 1. The van der Waals surface area contributed by atoms with Crippen LogP contribution in [0, 0.1) is 6.92 Å². The molecule has 0 aliphatic carbocycles. The standard InChI is InChI=1S/C11H17ClN2/c1-7-4-5-10(6-11(7)12)14-9(3)8(2)13/h4-6,8-9,14H,13H2,1-3H3. The van der Waals surface area contributed by atoms with Crippen LogP contribution < -0.4 is 11.1 Å². The molecule has 0 saturated heterocycles. The van der Waals surface area contributed by atoms with Crippen LogP contribution in [0.1, 0.15) is 19.4 Å². The minimum absolute atomic E-state index is 0.120. The number of nitrogens with one attached hydrogen (secondary N) is 1. The minimum Gasteiger partial charge on any atom is -0.381 e. The van der Waals surface area contributed by atoms with Crippen LogP contribution in [-0.2, 0) is 0 Å². The number of hydrogen-bond donors (Lipinski definition) is 2. The number of hydrogen-bond acceptors (Lipinski definition) is 2. The van der Waals surface area contributed by atoms with Crippen molar-refractivity contribution in [1.29, 1.82) is 0 Å². The zero-order valence-electron chi connectivity index (χ0n) is 8.84. The summed E-state index contributed by atoms with van der Waals surface area (Å²) >= 11 is 6.01. The van der Waals surface area contributed by atoms with Crippen molar-refractivity contribution in [2.45, 2.75) is 32.9 Å². The second-order valence-electron chi connectivity index (χ2n) is 3.76. The van der Waals surface area contributed by atoms with E-state index in [1.807, 2.05) is 32.0 Å². The van der Waals surface area contributed by atoms with E-state index in [4.69, 9.17) is 17.3 Å². The molecule has 1 aromatic carbocycles. The van der Waals surface area contributed by atoms with Crippen molar-refractivity contribution in [3.8, 4) is 0 Å². The Kier molecular flexibility index (Phi) is 3.78. The lowest BCUT2D eigenvalue weighted by molar-refractivity contribution is 0.638. The molecule has 1 aromatic rings. The molecule has 0 heterocycles. The lowest BCUT2D eigenvalue weighted by Crippen LogP contribution is -2.35. The summed E-state index contributed by atoms with van der Waals surface area (Å²) in [5, 5.41) is 4.08. The minimum atomic E-state index is 0.120. The van der Waals surface area contributed by atoms with Gasteiger partial charge in [0.2, 0.25) is 0 Å². The van der Waals surface area contributed by atoms with Crippen molar-refractivity contribution in [3.05, 3.63) is 28.8 Å². The van der Waals surface area contributed by atoms with Crippen LogP contribution >= 0.6 is 11.6 Å². The average molecular weight is 213 g/mol. The molecule has 0 aliphatic heterocycles. The first-order valence-electron chi connectivity index (χ1n) is 4.79. The highest BCUT2D eigenvalue weighted by molar-refractivity contribution is 6.31. The fraction of sp³-hybridized carbons (Fsp3) is 0.455. The molecule has 2 nitrogen and oxygen atoms in total. The van der Waals surface area contributed by atoms with Crippen LogP contribution in [0.15, 0.2) is 18.2 Å². The molecule has 0 saturated carbocycles. The molecule has 0 spiro atoms. The summed E-state index contributed by atoms with van der Waals surface area (Å²) in [6.07, 6.45) is 0. The third-order valence-electron chi connectivity index (χ3n) is 2.35. The zero-order chi connectivity index (χ0) is 10.7. The quantitative estimate of drug-likeness (QED) is 0.809. The number of benzene rings is 1. The molecule has 0 amide bonds. The Labute approximate surface area is 90.4 Å². The van der Waals surface area contributed by atoms with E-state index in [2.05, 4.69) is 12.2 Å². The van der Waals surface area contributed by atoms with Gasteiger partial charge in [0.05, 0.1) is 0 Å². The maximum Gasteiger partial charge on any atom is 0.0455 e. The van der Waals surface area contributed by atoms with Gasteiger partial charge in [0.1, 0.15) is 0 Å². The van der Waals surface area contributed by atoms with Crippen molar-refractivity contribution < 1.29 is 0 Å². The van der Waals surface area contributed by atoms with E-state index in [0.29, 0.717) is 0 Å². The Morgan fingerprint density at radius 1 is 1.36 bits per heavy atom. The summed E-state index contributed by atoms with van der Waals surface area (Å²) in [7, 11) is 0. The molecule has 0 aliphatic rings. The van der Waals surface area contributed by atoms with Crippen LogP contribution in [0.25, 0.3) is 0 Å². The number of aryl methyl sites for hydroxylation is 1. The largest absolute Gasteiger partial charge is 0.381 e. The first-order chi connectivity index (χ1) is 6.50. The molecule has 1 rings (SSSR count). The van der Waals surface area contributed by atoms with Gasteiger partial charge in [-0.3, -0.25) is 0 Å². The fourth-order valence-electron chi connectivity index (χ4n) is 1.08. The van der Waals surface area contributed by atoms with E-state index >= 15 is 0 Å². The molecule has 0 radical (unpaired) electrons. The molecular formula is C11H17ClN2. The topological polar surface area (TPSA) is 38.0 Å². The summed E-state index contributed by atoms with van der Waals surface area (Å²) in [6.45, 7) is 6.02. The monoisotopic (exact) mass is 212 g/mol. The van der Waals surface area contributed by atoms with Gasteiger partial charge in [-0.05, 0) is 38.5 Å². The Morgan fingerprint density at radius 2 is 2.00 bits per heavy atom. The van der Waals surface area contributed by atoms with Crippen molar-refractivity contribution in [2.75, 3.05) is 5.32 Å². The molecule has 3 heteroatoms. The average Bonchev–Trinajstić information content (AvgIpc) is 2.11. The lowest BCUT2D eigenvalue weighted by atomic mass is 10.1. The van der Waals surface area contributed by atoms with Gasteiger partial charge in [-0.25, -0.2) is 0 Å². The van der Waals surface area contributed by atoms with Crippen LogP contribution in [0.5, 0.6) is 0 Å². The maximum absolute atomic E-state index is 6.01. The molecule has 0 fully saturated rings. The van der Waals surface area contributed by atoms with Crippen LogP contribution in [0.4, 0.5) is 5.69 Å². The third-order valence-corrected chi connectivity index (χ3v) is 2.76. The lowest BCUT2D eigenvalue weighted by Gasteiger charge is -2.19. The van der Waals surface area contributed by atoms with Crippen LogP contribution in [0.2, 0.25) is 5.02 Å². The Bertz CT molecular complexity index is 310. The summed E-state index contributed by atoms with van der Waals surface area (Å²) in [5.41, 5.74) is 7.86. The number of rotatable bonds is 3. The highest BCUT2D eigenvalue weighted by Gasteiger charge is 2.07. The highest BCUT2D eigenvalue weighted by Crippen LogP contribution is 2.20. The predicted octanol–water partition coefficient (Wildman–Crippen LogP) is 2.80. The second-order valence-corrected chi connectivity index (χ2v) is 4.16. The Balaban J connectivity index is 2.73. The molecule has 14 heavy (non-hydrogen) atoms. The van der Waals surface area contributed by atoms with Crippen molar-refractivity contribution in [1.82, 2.24) is 0 Å². The van der Waals surface area contributed by atoms with E-state index in [9.17, 15) is 0 Å². The summed E-state index contributed by atoms with van der Waals surface area (Å²) in [4.78, 5) is 0. The van der Waals surface area contributed by atoms with Crippen LogP contribution in [0.3, 0.4) is 0 Å². The Morgan fingerprint density at radius 3 is 2.50 bits per heavy atom. The third kappa shape index (κ3) is 2.89.